The van der Waals surface area contributed by atoms with Gasteiger partial charge in [-0.2, -0.15) is 0 Å². The first-order valence-corrected chi connectivity index (χ1v) is 6.88. The van der Waals surface area contributed by atoms with Crippen molar-refractivity contribution in [2.24, 2.45) is 0 Å². The van der Waals surface area contributed by atoms with Crippen LogP contribution >= 0.6 is 0 Å². The van der Waals surface area contributed by atoms with Crippen LogP contribution in [0.3, 0.4) is 0 Å². The Labute approximate surface area is 109 Å². The van der Waals surface area contributed by atoms with E-state index < -0.39 is 0 Å². The monoisotopic (exact) mass is 251 g/mol. The van der Waals surface area contributed by atoms with Crippen LogP contribution in [-0.4, -0.2) is 33.4 Å². The molecule has 0 radical (unpaired) electrons. The maximum atomic E-state index is 4.30. The summed E-state index contributed by atoms with van der Waals surface area (Å²) in [6, 6.07) is 0.270. The van der Waals surface area contributed by atoms with Crippen molar-refractivity contribution in [2.75, 3.05) is 13.1 Å². The normalized spacial score (nSPS) is 16.9. The SMILES string of the molecule is CC(NCCNC(C)(C)C)c1nnc2n1CCC2. The zero-order valence-electron chi connectivity index (χ0n) is 12.0. The van der Waals surface area contributed by atoms with Gasteiger partial charge < -0.3 is 15.2 Å². The summed E-state index contributed by atoms with van der Waals surface area (Å²) in [6.07, 6.45) is 2.28. The van der Waals surface area contributed by atoms with Gasteiger partial charge in [0, 0.05) is 31.6 Å². The fourth-order valence-electron chi connectivity index (χ4n) is 2.31. The molecule has 2 rings (SSSR count). The number of hydrogen-bond donors (Lipinski definition) is 2. The Morgan fingerprint density at radius 3 is 2.78 bits per heavy atom. The quantitative estimate of drug-likeness (QED) is 0.774. The number of fused-ring (bicyclic) bond motifs is 1. The molecule has 1 aliphatic rings. The zero-order valence-corrected chi connectivity index (χ0v) is 12.0. The zero-order chi connectivity index (χ0) is 13.2. The second-order valence-electron chi connectivity index (χ2n) is 6.08. The Balaban J connectivity index is 1.79. The molecule has 0 spiro atoms. The molecule has 5 heteroatoms. The van der Waals surface area contributed by atoms with Crippen LogP contribution in [0.1, 0.15) is 51.8 Å². The van der Waals surface area contributed by atoms with Crippen molar-refractivity contribution in [3.05, 3.63) is 11.6 Å². The van der Waals surface area contributed by atoms with E-state index >= 15 is 0 Å². The summed E-state index contributed by atoms with van der Waals surface area (Å²) in [6.45, 7) is 11.7. The van der Waals surface area contributed by atoms with Gasteiger partial charge in [0.25, 0.3) is 0 Å². The van der Waals surface area contributed by atoms with Crippen molar-refractivity contribution in [3.8, 4) is 0 Å². The summed E-state index contributed by atoms with van der Waals surface area (Å²) in [4.78, 5) is 0. The molecule has 0 aliphatic carbocycles. The predicted octanol–water partition coefficient (Wildman–Crippen LogP) is 1.26. The van der Waals surface area contributed by atoms with Gasteiger partial charge in [0.1, 0.15) is 11.6 Å². The lowest BCUT2D eigenvalue weighted by molar-refractivity contribution is 0.409. The van der Waals surface area contributed by atoms with Gasteiger partial charge >= 0.3 is 0 Å². The molecule has 0 fully saturated rings. The molecule has 0 bridgehead atoms. The number of aryl methyl sites for hydroxylation is 1. The first-order chi connectivity index (χ1) is 8.47. The van der Waals surface area contributed by atoms with Crippen LogP contribution in [0.25, 0.3) is 0 Å². The summed E-state index contributed by atoms with van der Waals surface area (Å²) in [5.41, 5.74) is 0.182. The minimum absolute atomic E-state index is 0.182. The number of aromatic nitrogens is 3. The second-order valence-corrected chi connectivity index (χ2v) is 6.08. The average Bonchev–Trinajstić information content (AvgIpc) is 2.83. The first kappa shape index (κ1) is 13.5. The highest BCUT2D eigenvalue weighted by Gasteiger charge is 2.20. The maximum Gasteiger partial charge on any atom is 0.149 e. The van der Waals surface area contributed by atoms with E-state index in [1.54, 1.807) is 0 Å². The summed E-state index contributed by atoms with van der Waals surface area (Å²) >= 11 is 0. The van der Waals surface area contributed by atoms with Crippen molar-refractivity contribution in [2.45, 2.75) is 58.7 Å². The third-order valence-electron chi connectivity index (χ3n) is 3.26. The Bertz CT molecular complexity index is 391. The van der Waals surface area contributed by atoms with E-state index in [0.29, 0.717) is 0 Å². The lowest BCUT2D eigenvalue weighted by Gasteiger charge is -2.21. The van der Waals surface area contributed by atoms with Gasteiger partial charge in [-0.05, 0) is 34.1 Å². The minimum Gasteiger partial charge on any atom is -0.314 e. The fraction of sp³-hybridized carbons (Fsp3) is 0.846. The van der Waals surface area contributed by atoms with E-state index in [4.69, 9.17) is 0 Å². The van der Waals surface area contributed by atoms with Crippen LogP contribution in [0, 0.1) is 0 Å². The highest BCUT2D eigenvalue weighted by molar-refractivity contribution is 5.03. The van der Waals surface area contributed by atoms with Gasteiger partial charge in [0.05, 0.1) is 6.04 Å². The van der Waals surface area contributed by atoms with Crippen LogP contribution in [-0.2, 0) is 13.0 Å². The summed E-state index contributed by atoms with van der Waals surface area (Å²) in [7, 11) is 0. The van der Waals surface area contributed by atoms with Crippen LogP contribution in [0.2, 0.25) is 0 Å². The minimum atomic E-state index is 0.182. The molecule has 2 heterocycles. The van der Waals surface area contributed by atoms with Crippen molar-refractivity contribution >= 4 is 0 Å². The largest absolute Gasteiger partial charge is 0.314 e. The molecule has 18 heavy (non-hydrogen) atoms. The highest BCUT2D eigenvalue weighted by atomic mass is 15.3. The van der Waals surface area contributed by atoms with Crippen molar-refractivity contribution in [1.82, 2.24) is 25.4 Å². The molecule has 0 aromatic carbocycles. The lowest BCUT2D eigenvalue weighted by Crippen LogP contribution is -2.40. The molecule has 2 N–H and O–H groups in total. The molecule has 1 aromatic rings. The Kier molecular flexibility index (Phi) is 4.02. The maximum absolute atomic E-state index is 4.30. The van der Waals surface area contributed by atoms with Crippen LogP contribution < -0.4 is 10.6 Å². The third-order valence-corrected chi connectivity index (χ3v) is 3.26. The molecule has 1 aromatic heterocycles. The molecular weight excluding hydrogens is 226 g/mol. The molecule has 0 amide bonds. The summed E-state index contributed by atoms with van der Waals surface area (Å²) < 4.78 is 2.26. The van der Waals surface area contributed by atoms with Gasteiger partial charge in [-0.1, -0.05) is 0 Å². The number of nitrogens with one attached hydrogen (secondary N) is 2. The van der Waals surface area contributed by atoms with Gasteiger partial charge in [0.15, 0.2) is 0 Å². The number of rotatable bonds is 5. The Morgan fingerprint density at radius 1 is 1.28 bits per heavy atom. The van der Waals surface area contributed by atoms with E-state index in [1.807, 2.05) is 0 Å². The van der Waals surface area contributed by atoms with Gasteiger partial charge in [-0.25, -0.2) is 0 Å². The van der Waals surface area contributed by atoms with E-state index in [1.165, 1.54) is 6.42 Å². The summed E-state index contributed by atoms with van der Waals surface area (Å²) in [5.74, 6) is 2.23. The lowest BCUT2D eigenvalue weighted by atomic mass is 10.1. The van der Waals surface area contributed by atoms with Crippen LogP contribution in [0.5, 0.6) is 0 Å². The molecule has 1 unspecified atom stereocenters. The smallest absolute Gasteiger partial charge is 0.149 e. The average molecular weight is 251 g/mol. The molecule has 5 nitrogen and oxygen atoms in total. The Morgan fingerprint density at radius 2 is 2.06 bits per heavy atom. The van der Waals surface area contributed by atoms with Crippen molar-refractivity contribution < 1.29 is 0 Å². The van der Waals surface area contributed by atoms with E-state index in [9.17, 15) is 0 Å². The van der Waals surface area contributed by atoms with Crippen LogP contribution in [0.4, 0.5) is 0 Å². The predicted molar refractivity (Wildman–Crippen MR) is 72.5 cm³/mol. The van der Waals surface area contributed by atoms with E-state index in [-0.39, 0.29) is 11.6 Å². The molecule has 0 saturated heterocycles. The van der Waals surface area contributed by atoms with Gasteiger partial charge in [-0.3, -0.25) is 0 Å². The fourth-order valence-corrected chi connectivity index (χ4v) is 2.31. The van der Waals surface area contributed by atoms with E-state index in [2.05, 4.69) is 53.1 Å². The number of hydrogen-bond acceptors (Lipinski definition) is 4. The Hall–Kier alpha value is -0.940. The third kappa shape index (κ3) is 3.29. The first-order valence-electron chi connectivity index (χ1n) is 6.88. The number of nitrogens with zero attached hydrogens (tertiary/aromatic N) is 3. The molecule has 0 saturated carbocycles. The molecule has 1 atom stereocenters. The summed E-state index contributed by atoms with van der Waals surface area (Å²) in [5, 5.41) is 15.5. The van der Waals surface area contributed by atoms with E-state index in [0.717, 1.165) is 37.7 Å². The molecule has 102 valence electrons. The molecular formula is C13H25N5. The second kappa shape index (κ2) is 5.36. The van der Waals surface area contributed by atoms with Gasteiger partial charge in [0.2, 0.25) is 0 Å². The van der Waals surface area contributed by atoms with Crippen LogP contribution in [0.15, 0.2) is 0 Å². The standard InChI is InChI=1S/C13H25N5/c1-10(14-7-8-15-13(2,3)4)12-17-16-11-6-5-9-18(11)12/h10,14-15H,5-9H2,1-4H3. The van der Waals surface area contributed by atoms with Crippen molar-refractivity contribution in [3.63, 3.8) is 0 Å². The van der Waals surface area contributed by atoms with Crippen molar-refractivity contribution in [1.29, 1.82) is 0 Å². The topological polar surface area (TPSA) is 54.8 Å². The molecule has 1 aliphatic heterocycles. The van der Waals surface area contributed by atoms with Gasteiger partial charge in [-0.15, -0.1) is 10.2 Å². The highest BCUT2D eigenvalue weighted by Crippen LogP contribution is 2.18.